The number of benzene rings is 2. The van der Waals surface area contributed by atoms with E-state index in [2.05, 4.69) is 15.5 Å². The number of halogens is 2. The van der Waals surface area contributed by atoms with Crippen LogP contribution in [0.25, 0.3) is 11.0 Å². The summed E-state index contributed by atoms with van der Waals surface area (Å²) >= 11 is 5.99. The van der Waals surface area contributed by atoms with Crippen molar-refractivity contribution in [2.75, 3.05) is 13.1 Å². The molecule has 1 aliphatic rings. The van der Waals surface area contributed by atoms with Gasteiger partial charge in [-0.2, -0.15) is 0 Å². The first-order valence-electron chi connectivity index (χ1n) is 8.24. The van der Waals surface area contributed by atoms with E-state index in [1.807, 2.05) is 42.5 Å². The minimum atomic E-state index is -0.709. The van der Waals surface area contributed by atoms with Gasteiger partial charge >= 0.3 is 0 Å². The van der Waals surface area contributed by atoms with E-state index in [1.54, 1.807) is 0 Å². The van der Waals surface area contributed by atoms with Crippen LogP contribution in [0.4, 0.5) is 4.39 Å². The van der Waals surface area contributed by atoms with Crippen molar-refractivity contribution in [3.63, 3.8) is 0 Å². The van der Waals surface area contributed by atoms with Crippen molar-refractivity contribution in [2.45, 2.75) is 25.7 Å². The Balaban J connectivity index is 1.68. The maximum Gasteiger partial charge on any atom is 0.124 e. The summed E-state index contributed by atoms with van der Waals surface area (Å²) in [6.45, 7) is 2.72. The second-order valence-electron chi connectivity index (χ2n) is 6.35. The lowest BCUT2D eigenvalue weighted by Crippen LogP contribution is -2.23. The third kappa shape index (κ3) is 3.17. The molecule has 0 N–H and O–H groups in total. The second-order valence-corrected chi connectivity index (χ2v) is 6.79. The van der Waals surface area contributed by atoms with Gasteiger partial charge in [0.25, 0.3) is 0 Å². The number of hydrogen-bond donors (Lipinski definition) is 0. The summed E-state index contributed by atoms with van der Waals surface area (Å²) in [4.78, 5) is 6.93. The van der Waals surface area contributed by atoms with E-state index in [-0.39, 0.29) is 0 Å². The SMILES string of the molecule is F[C@H]1CCN(Cc2nc3ccccc3n2Cc2ccc(Cl)cc2)C1. The molecule has 4 rings (SSSR count). The molecule has 0 aliphatic carbocycles. The van der Waals surface area contributed by atoms with Crippen molar-refractivity contribution in [2.24, 2.45) is 0 Å². The summed E-state index contributed by atoms with van der Waals surface area (Å²) in [5, 5.41) is 0.737. The molecule has 0 radical (unpaired) electrons. The Labute approximate surface area is 145 Å². The van der Waals surface area contributed by atoms with E-state index in [0.717, 1.165) is 35.0 Å². The monoisotopic (exact) mass is 343 g/mol. The van der Waals surface area contributed by atoms with Gasteiger partial charge in [-0.1, -0.05) is 35.9 Å². The van der Waals surface area contributed by atoms with Crippen LogP contribution in [-0.2, 0) is 13.1 Å². The number of nitrogens with zero attached hydrogens (tertiary/aromatic N) is 3. The summed E-state index contributed by atoms with van der Waals surface area (Å²) in [7, 11) is 0. The molecule has 0 saturated carbocycles. The molecule has 1 saturated heterocycles. The molecule has 24 heavy (non-hydrogen) atoms. The molecule has 3 aromatic rings. The molecule has 0 unspecified atom stereocenters. The fraction of sp³-hybridized carbons (Fsp3) is 0.316. The molecule has 0 amide bonds. The molecule has 0 bridgehead atoms. The summed E-state index contributed by atoms with van der Waals surface area (Å²) in [5.41, 5.74) is 3.27. The highest BCUT2D eigenvalue weighted by Crippen LogP contribution is 2.22. The number of likely N-dealkylation sites (tertiary alicyclic amines) is 1. The largest absolute Gasteiger partial charge is 0.322 e. The van der Waals surface area contributed by atoms with E-state index in [1.165, 1.54) is 5.56 Å². The Kier molecular flexibility index (Phi) is 4.25. The number of fused-ring (bicyclic) bond motifs is 1. The lowest BCUT2D eigenvalue weighted by Gasteiger charge is -2.16. The molecule has 2 heterocycles. The molecule has 2 aromatic carbocycles. The number of alkyl halides is 1. The maximum atomic E-state index is 13.5. The average Bonchev–Trinajstić information content (AvgIpc) is 3.14. The van der Waals surface area contributed by atoms with Crippen LogP contribution in [0, 0.1) is 0 Å². The van der Waals surface area contributed by atoms with E-state index in [0.29, 0.717) is 19.5 Å². The zero-order valence-corrected chi connectivity index (χ0v) is 14.1. The lowest BCUT2D eigenvalue weighted by atomic mass is 10.2. The molecule has 1 aromatic heterocycles. The number of hydrogen-bond acceptors (Lipinski definition) is 2. The highest BCUT2D eigenvalue weighted by molar-refractivity contribution is 6.30. The van der Waals surface area contributed by atoms with Crippen LogP contribution in [0.1, 0.15) is 17.8 Å². The topological polar surface area (TPSA) is 21.1 Å². The van der Waals surface area contributed by atoms with E-state index >= 15 is 0 Å². The van der Waals surface area contributed by atoms with Gasteiger partial charge in [-0.15, -0.1) is 0 Å². The third-order valence-electron chi connectivity index (χ3n) is 4.57. The van der Waals surface area contributed by atoms with Crippen molar-refractivity contribution >= 4 is 22.6 Å². The van der Waals surface area contributed by atoms with Gasteiger partial charge in [0, 0.05) is 24.7 Å². The van der Waals surface area contributed by atoms with Gasteiger partial charge in [-0.3, -0.25) is 4.90 Å². The Morgan fingerprint density at radius 1 is 1.08 bits per heavy atom. The normalized spacial score (nSPS) is 18.5. The Morgan fingerprint density at radius 2 is 1.88 bits per heavy atom. The van der Waals surface area contributed by atoms with Crippen LogP contribution in [0.15, 0.2) is 48.5 Å². The van der Waals surface area contributed by atoms with Crippen molar-refractivity contribution in [1.82, 2.24) is 14.5 Å². The van der Waals surface area contributed by atoms with Crippen molar-refractivity contribution < 1.29 is 4.39 Å². The number of imidazole rings is 1. The van der Waals surface area contributed by atoms with Gasteiger partial charge < -0.3 is 4.57 Å². The molecule has 1 aliphatic heterocycles. The van der Waals surface area contributed by atoms with Gasteiger partial charge in [0.15, 0.2) is 0 Å². The van der Waals surface area contributed by atoms with Gasteiger partial charge in [0.1, 0.15) is 12.0 Å². The smallest absolute Gasteiger partial charge is 0.124 e. The number of aromatic nitrogens is 2. The highest BCUT2D eigenvalue weighted by atomic mass is 35.5. The first-order chi connectivity index (χ1) is 11.7. The molecular formula is C19H19ClFN3. The predicted molar refractivity (Wildman–Crippen MR) is 95.1 cm³/mol. The van der Waals surface area contributed by atoms with Crippen LogP contribution in [0.5, 0.6) is 0 Å². The lowest BCUT2D eigenvalue weighted by molar-refractivity contribution is 0.275. The molecule has 1 fully saturated rings. The second kappa shape index (κ2) is 6.54. The van der Waals surface area contributed by atoms with E-state index in [9.17, 15) is 4.39 Å². The van der Waals surface area contributed by atoms with Gasteiger partial charge in [0.2, 0.25) is 0 Å². The van der Waals surface area contributed by atoms with Crippen LogP contribution in [0.2, 0.25) is 5.02 Å². The zero-order valence-electron chi connectivity index (χ0n) is 13.3. The van der Waals surface area contributed by atoms with E-state index in [4.69, 9.17) is 16.6 Å². The highest BCUT2D eigenvalue weighted by Gasteiger charge is 2.23. The zero-order chi connectivity index (χ0) is 16.5. The van der Waals surface area contributed by atoms with Gasteiger partial charge in [-0.25, -0.2) is 9.37 Å². The first kappa shape index (κ1) is 15.6. The van der Waals surface area contributed by atoms with Crippen molar-refractivity contribution in [1.29, 1.82) is 0 Å². The Bertz CT molecular complexity index is 843. The number of para-hydroxylation sites is 2. The van der Waals surface area contributed by atoms with Crippen LogP contribution in [-0.4, -0.2) is 33.7 Å². The van der Waals surface area contributed by atoms with Crippen molar-refractivity contribution in [3.8, 4) is 0 Å². The molecule has 5 heteroatoms. The molecular weight excluding hydrogens is 325 g/mol. The summed E-state index contributed by atoms with van der Waals surface area (Å²) in [6.07, 6.45) is -0.0867. The Hall–Kier alpha value is -1.91. The number of rotatable bonds is 4. The molecule has 3 nitrogen and oxygen atoms in total. The van der Waals surface area contributed by atoms with Crippen LogP contribution < -0.4 is 0 Å². The van der Waals surface area contributed by atoms with Gasteiger partial charge in [0.05, 0.1) is 17.6 Å². The third-order valence-corrected chi connectivity index (χ3v) is 4.82. The molecule has 0 spiro atoms. The minimum Gasteiger partial charge on any atom is -0.322 e. The Morgan fingerprint density at radius 3 is 2.62 bits per heavy atom. The summed E-state index contributed by atoms with van der Waals surface area (Å²) in [6, 6.07) is 16.0. The van der Waals surface area contributed by atoms with Crippen molar-refractivity contribution in [3.05, 3.63) is 64.9 Å². The maximum absolute atomic E-state index is 13.5. The minimum absolute atomic E-state index is 0.504. The van der Waals surface area contributed by atoms with Gasteiger partial charge in [-0.05, 0) is 36.2 Å². The first-order valence-corrected chi connectivity index (χ1v) is 8.62. The summed E-state index contributed by atoms with van der Waals surface area (Å²) < 4.78 is 15.7. The van der Waals surface area contributed by atoms with Crippen LogP contribution >= 0.6 is 11.6 Å². The quantitative estimate of drug-likeness (QED) is 0.705. The molecule has 1 atom stereocenters. The average molecular weight is 344 g/mol. The fourth-order valence-electron chi connectivity index (χ4n) is 3.32. The predicted octanol–water partition coefficient (Wildman–Crippen LogP) is 4.28. The molecule has 124 valence electrons. The standard InChI is InChI=1S/C19H19ClFN3/c20-15-7-5-14(6-8-15)11-24-18-4-2-1-3-17(18)22-19(24)13-23-10-9-16(21)12-23/h1-8,16H,9-13H2/t16-/m0/s1. The fourth-order valence-corrected chi connectivity index (χ4v) is 3.45. The van der Waals surface area contributed by atoms with Crippen LogP contribution in [0.3, 0.4) is 0 Å². The van der Waals surface area contributed by atoms with E-state index < -0.39 is 6.17 Å². The summed E-state index contributed by atoms with van der Waals surface area (Å²) in [5.74, 6) is 0.986.